The lowest BCUT2D eigenvalue weighted by molar-refractivity contribution is 0.369. The van der Waals surface area contributed by atoms with Crippen LogP contribution in [0.1, 0.15) is 88.3 Å². The monoisotopic (exact) mass is 330 g/mol. The minimum absolute atomic E-state index is 0.0158. The molecule has 0 fully saturated rings. The fourth-order valence-corrected chi connectivity index (χ4v) is 3.46. The summed E-state index contributed by atoms with van der Waals surface area (Å²) in [7, 11) is 0. The van der Waals surface area contributed by atoms with Gasteiger partial charge in [0.15, 0.2) is 0 Å². The van der Waals surface area contributed by atoms with Gasteiger partial charge in [-0.05, 0) is 13.3 Å². The number of unbranched alkanes of at least 4 members (excludes halogenated alkanes) is 8. The Bertz CT molecular complexity index is 597. The number of nitrogens with two attached hydrogens (primary N) is 1. The molecule has 1 aromatic heterocycles. The molecule has 0 aromatic carbocycles. The summed E-state index contributed by atoms with van der Waals surface area (Å²) in [6.45, 7) is 4.22. The Morgan fingerprint density at radius 2 is 1.75 bits per heavy atom. The Hall–Kier alpha value is -1.96. The molecule has 0 spiro atoms. The average Bonchev–Trinajstić information content (AvgIpc) is 2.93. The molecule has 3 N–H and O–H groups in total. The molecule has 1 unspecified atom stereocenters. The molecule has 0 saturated heterocycles. The highest BCUT2D eigenvalue weighted by molar-refractivity contribution is 5.48. The van der Waals surface area contributed by atoms with Crippen molar-refractivity contribution in [3.05, 3.63) is 22.7 Å². The standard InChI is InChI=1S/C19H30N4O/c1-3-4-5-6-7-8-9-10-11-12-15-16(13-20)18(21)24-19-17(15)14(2)22-23-19/h15H,3-12,21H2,1-2H3,(H,22,23). The van der Waals surface area contributed by atoms with Gasteiger partial charge in [-0.25, -0.2) is 0 Å². The smallest absolute Gasteiger partial charge is 0.243 e. The molecule has 1 aromatic rings. The van der Waals surface area contributed by atoms with Crippen LogP contribution in [0.25, 0.3) is 0 Å². The summed E-state index contributed by atoms with van der Waals surface area (Å²) in [5, 5.41) is 16.5. The first-order chi connectivity index (χ1) is 11.7. The number of hydrogen-bond donors (Lipinski definition) is 2. The van der Waals surface area contributed by atoms with E-state index in [2.05, 4.69) is 23.2 Å². The summed E-state index contributed by atoms with van der Waals surface area (Å²) in [5.41, 5.74) is 8.41. The molecule has 132 valence electrons. The number of aryl methyl sites for hydroxylation is 1. The molecule has 0 amide bonds. The number of nitriles is 1. The van der Waals surface area contributed by atoms with Gasteiger partial charge in [-0.3, -0.25) is 5.10 Å². The van der Waals surface area contributed by atoms with Crippen molar-refractivity contribution in [2.45, 2.75) is 84.0 Å². The first kappa shape index (κ1) is 18.4. The van der Waals surface area contributed by atoms with Crippen molar-refractivity contribution in [1.29, 1.82) is 5.26 Å². The van der Waals surface area contributed by atoms with Crippen LogP contribution in [-0.4, -0.2) is 10.2 Å². The molecule has 1 atom stereocenters. The van der Waals surface area contributed by atoms with E-state index in [1.165, 1.54) is 51.4 Å². The van der Waals surface area contributed by atoms with E-state index in [4.69, 9.17) is 10.5 Å². The van der Waals surface area contributed by atoms with Crippen molar-refractivity contribution < 1.29 is 4.74 Å². The van der Waals surface area contributed by atoms with Crippen molar-refractivity contribution in [2.24, 2.45) is 5.73 Å². The summed E-state index contributed by atoms with van der Waals surface area (Å²) in [6.07, 6.45) is 12.6. The van der Waals surface area contributed by atoms with Crippen LogP contribution in [0.5, 0.6) is 5.88 Å². The average molecular weight is 330 g/mol. The number of allylic oxidation sites excluding steroid dienone is 1. The van der Waals surface area contributed by atoms with Crippen LogP contribution in [0.3, 0.4) is 0 Å². The Kier molecular flexibility index (Phi) is 7.17. The number of nitrogens with zero attached hydrogens (tertiary/aromatic N) is 2. The minimum Gasteiger partial charge on any atom is -0.420 e. The van der Waals surface area contributed by atoms with Crippen LogP contribution in [0, 0.1) is 18.3 Å². The van der Waals surface area contributed by atoms with Crippen LogP contribution >= 0.6 is 0 Å². The van der Waals surface area contributed by atoms with Crippen LogP contribution in [-0.2, 0) is 0 Å². The van der Waals surface area contributed by atoms with Crippen LogP contribution < -0.4 is 10.5 Å². The number of nitrogens with one attached hydrogen (secondary N) is 1. The predicted molar refractivity (Wildman–Crippen MR) is 95.4 cm³/mol. The molecule has 0 aliphatic carbocycles. The number of aromatic nitrogens is 2. The number of fused-ring (bicyclic) bond motifs is 1. The Labute approximate surface area is 145 Å². The first-order valence-corrected chi connectivity index (χ1v) is 9.31. The maximum absolute atomic E-state index is 9.43. The molecule has 24 heavy (non-hydrogen) atoms. The molecular formula is C19H30N4O. The molecule has 0 saturated carbocycles. The van der Waals surface area contributed by atoms with Crippen LogP contribution in [0.2, 0.25) is 0 Å². The molecule has 5 nitrogen and oxygen atoms in total. The van der Waals surface area contributed by atoms with Crippen LogP contribution in [0.4, 0.5) is 0 Å². The third-order valence-corrected chi connectivity index (χ3v) is 4.85. The lowest BCUT2D eigenvalue weighted by Crippen LogP contribution is -2.20. The highest BCUT2D eigenvalue weighted by Gasteiger charge is 2.32. The normalized spacial score (nSPS) is 16.6. The molecule has 5 heteroatoms. The van der Waals surface area contributed by atoms with Gasteiger partial charge in [0.2, 0.25) is 11.8 Å². The number of aromatic amines is 1. The van der Waals surface area contributed by atoms with Gasteiger partial charge in [0.05, 0.1) is 5.57 Å². The number of H-pyrrole nitrogens is 1. The van der Waals surface area contributed by atoms with Crippen molar-refractivity contribution in [3.8, 4) is 11.9 Å². The van der Waals surface area contributed by atoms with E-state index in [0.29, 0.717) is 11.5 Å². The maximum atomic E-state index is 9.43. The zero-order valence-corrected chi connectivity index (χ0v) is 15.0. The molecule has 0 radical (unpaired) electrons. The number of rotatable bonds is 10. The van der Waals surface area contributed by atoms with E-state index in [9.17, 15) is 5.26 Å². The van der Waals surface area contributed by atoms with Crippen molar-refractivity contribution in [1.82, 2.24) is 10.2 Å². The second-order valence-corrected chi connectivity index (χ2v) is 6.73. The first-order valence-electron chi connectivity index (χ1n) is 9.31. The van der Waals surface area contributed by atoms with E-state index in [0.717, 1.165) is 24.1 Å². The number of hydrogen-bond acceptors (Lipinski definition) is 4. The Morgan fingerprint density at radius 1 is 1.12 bits per heavy atom. The minimum atomic E-state index is 0.0158. The van der Waals surface area contributed by atoms with Crippen molar-refractivity contribution in [3.63, 3.8) is 0 Å². The zero-order valence-electron chi connectivity index (χ0n) is 15.0. The van der Waals surface area contributed by atoms with E-state index >= 15 is 0 Å². The molecule has 1 aliphatic heterocycles. The van der Waals surface area contributed by atoms with Crippen LogP contribution in [0.15, 0.2) is 11.5 Å². The third kappa shape index (κ3) is 4.53. The largest absolute Gasteiger partial charge is 0.420 e. The lowest BCUT2D eigenvalue weighted by Gasteiger charge is -2.23. The zero-order chi connectivity index (χ0) is 17.4. The highest BCUT2D eigenvalue weighted by atomic mass is 16.5. The highest BCUT2D eigenvalue weighted by Crippen LogP contribution is 2.41. The quantitative estimate of drug-likeness (QED) is 0.603. The van der Waals surface area contributed by atoms with Gasteiger partial charge < -0.3 is 10.5 Å². The van der Waals surface area contributed by atoms with Gasteiger partial charge in [0.25, 0.3) is 0 Å². The third-order valence-electron chi connectivity index (χ3n) is 4.85. The predicted octanol–water partition coefficient (Wildman–Crippen LogP) is 4.81. The maximum Gasteiger partial charge on any atom is 0.243 e. The molecule has 1 aliphatic rings. The summed E-state index contributed by atoms with van der Waals surface area (Å²) in [5.74, 6) is 0.754. The summed E-state index contributed by atoms with van der Waals surface area (Å²) in [6, 6.07) is 2.23. The molecule has 2 rings (SSSR count). The van der Waals surface area contributed by atoms with Gasteiger partial charge in [-0.1, -0.05) is 64.7 Å². The SMILES string of the molecule is CCCCCCCCCCCC1C(C#N)=C(N)Oc2n[nH]c(C)c21. The molecular weight excluding hydrogens is 300 g/mol. The molecule has 0 bridgehead atoms. The molecule has 2 heterocycles. The summed E-state index contributed by atoms with van der Waals surface area (Å²) >= 11 is 0. The topological polar surface area (TPSA) is 87.7 Å². The lowest BCUT2D eigenvalue weighted by atomic mass is 9.86. The van der Waals surface area contributed by atoms with E-state index in [-0.39, 0.29) is 11.8 Å². The van der Waals surface area contributed by atoms with Gasteiger partial charge in [-0.2, -0.15) is 5.26 Å². The number of ether oxygens (including phenoxy) is 1. The summed E-state index contributed by atoms with van der Waals surface area (Å²) < 4.78 is 5.47. The van der Waals surface area contributed by atoms with E-state index in [1.54, 1.807) is 0 Å². The van der Waals surface area contributed by atoms with Gasteiger partial charge in [0, 0.05) is 17.2 Å². The summed E-state index contributed by atoms with van der Waals surface area (Å²) in [4.78, 5) is 0. The van der Waals surface area contributed by atoms with Gasteiger partial charge >= 0.3 is 0 Å². The van der Waals surface area contributed by atoms with Gasteiger partial charge in [-0.15, -0.1) is 5.10 Å². The van der Waals surface area contributed by atoms with E-state index in [1.807, 2.05) is 6.92 Å². The van der Waals surface area contributed by atoms with Crippen molar-refractivity contribution >= 4 is 0 Å². The Morgan fingerprint density at radius 3 is 2.38 bits per heavy atom. The van der Waals surface area contributed by atoms with Gasteiger partial charge in [0.1, 0.15) is 6.07 Å². The van der Waals surface area contributed by atoms with E-state index < -0.39 is 0 Å². The Balaban J connectivity index is 1.79. The fraction of sp³-hybridized carbons (Fsp3) is 0.684. The second-order valence-electron chi connectivity index (χ2n) is 6.73. The second kappa shape index (κ2) is 9.36. The fourth-order valence-electron chi connectivity index (χ4n) is 3.46. The van der Waals surface area contributed by atoms with Crippen molar-refractivity contribution in [2.75, 3.05) is 0 Å².